The van der Waals surface area contributed by atoms with E-state index in [0.29, 0.717) is 6.04 Å². The molecule has 1 unspecified atom stereocenters. The molecule has 0 aromatic heterocycles. The summed E-state index contributed by atoms with van der Waals surface area (Å²) in [5, 5.41) is 3.57. The van der Waals surface area contributed by atoms with Gasteiger partial charge in [-0.25, -0.2) is 0 Å². The fourth-order valence-corrected chi connectivity index (χ4v) is 2.18. The monoisotopic (exact) mass is 228 g/mol. The first-order valence-electron chi connectivity index (χ1n) is 6.67. The van der Waals surface area contributed by atoms with Crippen molar-refractivity contribution < 1.29 is 4.74 Å². The van der Waals surface area contributed by atoms with Crippen molar-refractivity contribution >= 4 is 0 Å². The largest absolute Gasteiger partial charge is 0.383 e. The maximum absolute atomic E-state index is 5.18. The molecule has 1 rings (SSSR count). The van der Waals surface area contributed by atoms with E-state index in [2.05, 4.69) is 24.1 Å². The van der Waals surface area contributed by atoms with Gasteiger partial charge in [-0.2, -0.15) is 0 Å². The zero-order chi connectivity index (χ0) is 11.8. The molecule has 96 valence electrons. The number of ether oxygens (including phenoxy) is 1. The Kier molecular flexibility index (Phi) is 7.01. The van der Waals surface area contributed by atoms with Gasteiger partial charge in [0.25, 0.3) is 0 Å². The fraction of sp³-hybridized carbons (Fsp3) is 1.00. The first-order chi connectivity index (χ1) is 7.72. The molecule has 0 saturated carbocycles. The molecule has 0 amide bonds. The van der Waals surface area contributed by atoms with Gasteiger partial charge >= 0.3 is 0 Å². The Morgan fingerprint density at radius 2 is 2.19 bits per heavy atom. The summed E-state index contributed by atoms with van der Waals surface area (Å²) in [5.41, 5.74) is 0. The van der Waals surface area contributed by atoms with Crippen LogP contribution < -0.4 is 5.32 Å². The van der Waals surface area contributed by atoms with E-state index in [1.54, 1.807) is 7.11 Å². The van der Waals surface area contributed by atoms with E-state index in [1.165, 1.54) is 38.9 Å². The Balaban J connectivity index is 2.24. The second-order valence-electron chi connectivity index (χ2n) is 5.27. The van der Waals surface area contributed by atoms with Gasteiger partial charge in [-0.1, -0.05) is 13.8 Å². The zero-order valence-corrected chi connectivity index (χ0v) is 11.2. The second-order valence-corrected chi connectivity index (χ2v) is 5.27. The van der Waals surface area contributed by atoms with E-state index in [-0.39, 0.29) is 0 Å². The molecule has 0 spiro atoms. The lowest BCUT2D eigenvalue weighted by molar-refractivity contribution is 0.138. The lowest BCUT2D eigenvalue weighted by Gasteiger charge is -2.26. The van der Waals surface area contributed by atoms with Gasteiger partial charge in [-0.3, -0.25) is 4.90 Å². The van der Waals surface area contributed by atoms with Gasteiger partial charge in [0.15, 0.2) is 0 Å². The highest BCUT2D eigenvalue weighted by atomic mass is 16.5. The van der Waals surface area contributed by atoms with Crippen molar-refractivity contribution in [2.75, 3.05) is 39.9 Å². The van der Waals surface area contributed by atoms with Gasteiger partial charge in [-0.05, 0) is 38.3 Å². The quantitative estimate of drug-likeness (QED) is 0.685. The Bertz CT molecular complexity index is 167. The van der Waals surface area contributed by atoms with Crippen molar-refractivity contribution in [1.82, 2.24) is 10.2 Å². The zero-order valence-electron chi connectivity index (χ0n) is 11.2. The smallest absolute Gasteiger partial charge is 0.0589 e. The lowest BCUT2D eigenvalue weighted by Crippen LogP contribution is -2.39. The van der Waals surface area contributed by atoms with E-state index < -0.39 is 0 Å². The van der Waals surface area contributed by atoms with Crippen molar-refractivity contribution in [1.29, 1.82) is 0 Å². The molecule has 0 bridgehead atoms. The molecule has 0 radical (unpaired) electrons. The molecule has 1 fully saturated rings. The maximum atomic E-state index is 5.18. The molecule has 3 heteroatoms. The minimum atomic E-state index is 0.712. The Labute approximate surface area is 101 Å². The molecule has 0 aromatic carbocycles. The number of nitrogens with zero attached hydrogens (tertiary/aromatic N) is 1. The summed E-state index contributed by atoms with van der Waals surface area (Å²) in [6, 6.07) is 0.712. The number of nitrogens with one attached hydrogen (secondary N) is 1. The van der Waals surface area contributed by atoms with E-state index in [1.807, 2.05) is 0 Å². The summed E-state index contributed by atoms with van der Waals surface area (Å²) in [6.07, 6.45) is 3.97. The number of rotatable bonds is 8. The number of methoxy groups -OCH3 is 1. The molecule has 1 saturated heterocycles. The van der Waals surface area contributed by atoms with Crippen LogP contribution in [0.25, 0.3) is 0 Å². The van der Waals surface area contributed by atoms with Crippen LogP contribution >= 0.6 is 0 Å². The molecule has 0 aromatic rings. The summed E-state index contributed by atoms with van der Waals surface area (Å²) in [6.45, 7) is 10.1. The highest BCUT2D eigenvalue weighted by Crippen LogP contribution is 2.09. The van der Waals surface area contributed by atoms with E-state index in [0.717, 1.165) is 19.1 Å². The first kappa shape index (κ1) is 13.9. The molecule has 1 N–H and O–H groups in total. The summed E-state index contributed by atoms with van der Waals surface area (Å²) in [5.74, 6) is 0.793. The molecule has 1 heterocycles. The van der Waals surface area contributed by atoms with Crippen LogP contribution in [0.1, 0.15) is 33.1 Å². The van der Waals surface area contributed by atoms with Gasteiger partial charge in [0.2, 0.25) is 0 Å². The highest BCUT2D eigenvalue weighted by Gasteiger charge is 2.17. The van der Waals surface area contributed by atoms with Gasteiger partial charge in [0, 0.05) is 26.2 Å². The Morgan fingerprint density at radius 3 is 2.75 bits per heavy atom. The van der Waals surface area contributed by atoms with E-state index in [9.17, 15) is 0 Å². The molecule has 16 heavy (non-hydrogen) atoms. The van der Waals surface area contributed by atoms with E-state index >= 15 is 0 Å². The van der Waals surface area contributed by atoms with Crippen molar-refractivity contribution in [2.45, 2.75) is 39.2 Å². The molecule has 1 aliphatic heterocycles. The molecular weight excluding hydrogens is 200 g/mol. The SMILES string of the molecule is COCCN(CCC(C)C)CC1CCCN1. The summed E-state index contributed by atoms with van der Waals surface area (Å²) < 4.78 is 5.18. The van der Waals surface area contributed by atoms with Crippen LogP contribution in [0.15, 0.2) is 0 Å². The Hall–Kier alpha value is -0.120. The average Bonchev–Trinajstić information content (AvgIpc) is 2.74. The molecular formula is C13H28N2O. The predicted molar refractivity (Wildman–Crippen MR) is 68.8 cm³/mol. The van der Waals surface area contributed by atoms with Gasteiger partial charge in [-0.15, -0.1) is 0 Å². The topological polar surface area (TPSA) is 24.5 Å². The summed E-state index contributed by atoms with van der Waals surface area (Å²) in [4.78, 5) is 2.55. The van der Waals surface area contributed by atoms with Crippen LogP contribution in [0.3, 0.4) is 0 Å². The lowest BCUT2D eigenvalue weighted by atomic mass is 10.1. The van der Waals surface area contributed by atoms with Crippen molar-refractivity contribution in [2.24, 2.45) is 5.92 Å². The van der Waals surface area contributed by atoms with Gasteiger partial charge < -0.3 is 10.1 Å². The van der Waals surface area contributed by atoms with Crippen molar-refractivity contribution in [3.05, 3.63) is 0 Å². The highest BCUT2D eigenvalue weighted by molar-refractivity contribution is 4.78. The van der Waals surface area contributed by atoms with Crippen molar-refractivity contribution in [3.63, 3.8) is 0 Å². The summed E-state index contributed by atoms with van der Waals surface area (Å²) >= 11 is 0. The minimum Gasteiger partial charge on any atom is -0.383 e. The molecule has 3 nitrogen and oxygen atoms in total. The van der Waals surface area contributed by atoms with E-state index in [4.69, 9.17) is 4.74 Å². The van der Waals surface area contributed by atoms with Crippen molar-refractivity contribution in [3.8, 4) is 0 Å². The number of hydrogen-bond acceptors (Lipinski definition) is 3. The number of hydrogen-bond donors (Lipinski definition) is 1. The Morgan fingerprint density at radius 1 is 1.38 bits per heavy atom. The molecule has 1 atom stereocenters. The van der Waals surface area contributed by atoms with Gasteiger partial charge in [0.05, 0.1) is 6.61 Å². The predicted octanol–water partition coefficient (Wildman–Crippen LogP) is 1.73. The first-order valence-corrected chi connectivity index (χ1v) is 6.67. The van der Waals surface area contributed by atoms with Crippen LogP contribution in [0.4, 0.5) is 0 Å². The second kappa shape index (κ2) is 8.04. The standard InChI is InChI=1S/C13H28N2O/c1-12(2)6-8-15(9-10-16-3)11-13-5-4-7-14-13/h12-14H,4-11H2,1-3H3. The summed E-state index contributed by atoms with van der Waals surface area (Å²) in [7, 11) is 1.79. The third kappa shape index (κ3) is 5.83. The van der Waals surface area contributed by atoms with Crippen LogP contribution in [-0.4, -0.2) is 50.8 Å². The normalized spacial score (nSPS) is 21.2. The third-order valence-electron chi connectivity index (χ3n) is 3.28. The fourth-order valence-electron chi connectivity index (χ4n) is 2.18. The van der Waals surface area contributed by atoms with Crippen LogP contribution in [0.2, 0.25) is 0 Å². The molecule has 1 aliphatic rings. The average molecular weight is 228 g/mol. The van der Waals surface area contributed by atoms with Gasteiger partial charge in [0.1, 0.15) is 0 Å². The third-order valence-corrected chi connectivity index (χ3v) is 3.28. The minimum absolute atomic E-state index is 0.712. The molecule has 0 aliphatic carbocycles. The maximum Gasteiger partial charge on any atom is 0.0589 e. The van der Waals surface area contributed by atoms with Crippen LogP contribution in [-0.2, 0) is 4.74 Å². The van der Waals surface area contributed by atoms with Crippen LogP contribution in [0.5, 0.6) is 0 Å². The van der Waals surface area contributed by atoms with Crippen LogP contribution in [0, 0.1) is 5.92 Å².